The molecule has 2 heterocycles. The van der Waals surface area contributed by atoms with E-state index in [1.165, 1.54) is 24.4 Å². The minimum Gasteiger partial charge on any atom is -0.495 e. The standard InChI is InChI=1S/C27H32ClN7O4/c1-34(2)24(36)15-35-9-7-16-11-21(23(39-4)13-17(16)8-10-35)32-27-30-14-19(28)26(33-27)31-20-12-18(25(29)37)5-6-22(20)38-3/h5-6,11-14H,7-10,15H2,1-4H3,(H2,29,37)(H2,30,31,32,33). The largest absolute Gasteiger partial charge is 0.495 e. The number of likely N-dealkylation sites (N-methyl/N-ethyl adjacent to an activating group) is 1. The molecule has 0 fully saturated rings. The van der Waals surface area contributed by atoms with Crippen LogP contribution < -0.4 is 25.8 Å². The lowest BCUT2D eigenvalue weighted by atomic mass is 10.0. The van der Waals surface area contributed by atoms with E-state index in [2.05, 4.69) is 25.5 Å². The molecule has 0 aliphatic carbocycles. The summed E-state index contributed by atoms with van der Waals surface area (Å²) in [5.74, 6) is 1.25. The molecule has 0 saturated carbocycles. The van der Waals surface area contributed by atoms with E-state index in [0.717, 1.165) is 25.9 Å². The van der Waals surface area contributed by atoms with E-state index >= 15 is 0 Å². The Balaban J connectivity index is 1.57. The van der Waals surface area contributed by atoms with Gasteiger partial charge in [0.2, 0.25) is 17.8 Å². The first-order valence-electron chi connectivity index (χ1n) is 12.3. The molecule has 4 rings (SSSR count). The van der Waals surface area contributed by atoms with E-state index in [-0.39, 0.29) is 16.9 Å². The molecule has 0 unspecified atom stereocenters. The molecular weight excluding hydrogens is 522 g/mol. The van der Waals surface area contributed by atoms with Gasteiger partial charge < -0.3 is 30.7 Å². The number of hydrogen-bond acceptors (Lipinski definition) is 9. The number of aromatic nitrogens is 2. The zero-order chi connectivity index (χ0) is 28.1. The van der Waals surface area contributed by atoms with Crippen LogP contribution in [0.1, 0.15) is 21.5 Å². The first kappa shape index (κ1) is 27.9. The molecule has 1 aliphatic heterocycles. The summed E-state index contributed by atoms with van der Waals surface area (Å²) >= 11 is 6.38. The van der Waals surface area contributed by atoms with Crippen LogP contribution >= 0.6 is 11.6 Å². The van der Waals surface area contributed by atoms with Crippen LogP contribution in [0, 0.1) is 0 Å². The topological polar surface area (TPSA) is 135 Å². The Kier molecular flexibility index (Phi) is 8.72. The number of carbonyl (C=O) groups excluding carboxylic acids is 2. The van der Waals surface area contributed by atoms with Gasteiger partial charge in [0.15, 0.2) is 5.82 Å². The van der Waals surface area contributed by atoms with Crippen molar-refractivity contribution in [2.75, 3.05) is 58.6 Å². The summed E-state index contributed by atoms with van der Waals surface area (Å²) in [6.07, 6.45) is 3.07. The molecule has 0 atom stereocenters. The lowest BCUT2D eigenvalue weighted by molar-refractivity contribution is -0.129. The van der Waals surface area contributed by atoms with Crippen molar-refractivity contribution in [2.24, 2.45) is 5.73 Å². The van der Waals surface area contributed by atoms with Gasteiger partial charge in [-0.15, -0.1) is 0 Å². The van der Waals surface area contributed by atoms with E-state index in [1.807, 2.05) is 12.1 Å². The Morgan fingerprint density at radius 1 is 1.03 bits per heavy atom. The average Bonchev–Trinajstić information content (AvgIpc) is 3.11. The van der Waals surface area contributed by atoms with Gasteiger partial charge in [-0.3, -0.25) is 14.5 Å². The molecule has 0 radical (unpaired) electrons. The molecule has 1 aliphatic rings. The van der Waals surface area contributed by atoms with Gasteiger partial charge in [0.25, 0.3) is 0 Å². The molecule has 39 heavy (non-hydrogen) atoms. The number of rotatable bonds is 9. The number of benzene rings is 2. The van der Waals surface area contributed by atoms with Gasteiger partial charge in [-0.25, -0.2) is 4.98 Å². The Hall–Kier alpha value is -4.09. The maximum atomic E-state index is 12.2. The van der Waals surface area contributed by atoms with Crippen molar-refractivity contribution in [1.29, 1.82) is 0 Å². The number of nitrogens with one attached hydrogen (secondary N) is 2. The Bertz CT molecular complexity index is 1380. The second-order valence-corrected chi connectivity index (χ2v) is 9.71. The molecule has 0 saturated heterocycles. The van der Waals surface area contributed by atoms with E-state index in [1.54, 1.807) is 44.3 Å². The Labute approximate surface area is 232 Å². The van der Waals surface area contributed by atoms with Crippen molar-refractivity contribution in [3.05, 3.63) is 58.2 Å². The summed E-state index contributed by atoms with van der Waals surface area (Å²) in [7, 11) is 6.67. The van der Waals surface area contributed by atoms with Gasteiger partial charge in [-0.2, -0.15) is 4.98 Å². The predicted molar refractivity (Wildman–Crippen MR) is 151 cm³/mol. The maximum absolute atomic E-state index is 12.2. The van der Waals surface area contributed by atoms with Crippen molar-refractivity contribution in [2.45, 2.75) is 12.8 Å². The SMILES string of the molecule is COc1cc2c(cc1Nc1ncc(Cl)c(Nc3cc(C(N)=O)ccc3OC)n1)CCN(CC(=O)N(C)C)CC2. The summed E-state index contributed by atoms with van der Waals surface area (Å²) in [4.78, 5) is 36.5. The Morgan fingerprint density at radius 2 is 1.69 bits per heavy atom. The number of nitrogens with zero attached hydrogens (tertiary/aromatic N) is 4. The van der Waals surface area contributed by atoms with Crippen molar-refractivity contribution in [1.82, 2.24) is 19.8 Å². The molecule has 1 aromatic heterocycles. The quantitative estimate of drug-likeness (QED) is 0.365. The number of methoxy groups -OCH3 is 2. The minimum atomic E-state index is -0.570. The third-order valence-electron chi connectivity index (χ3n) is 6.50. The van der Waals surface area contributed by atoms with Crippen LogP contribution in [0.5, 0.6) is 11.5 Å². The normalized spacial score (nSPS) is 13.2. The van der Waals surface area contributed by atoms with Gasteiger partial charge in [-0.1, -0.05) is 11.6 Å². The van der Waals surface area contributed by atoms with Crippen molar-refractivity contribution >= 4 is 46.6 Å². The second-order valence-electron chi connectivity index (χ2n) is 9.30. The number of fused-ring (bicyclic) bond motifs is 1. The molecule has 2 amide bonds. The molecule has 12 heteroatoms. The maximum Gasteiger partial charge on any atom is 0.248 e. The fraction of sp³-hybridized carbons (Fsp3) is 0.333. The van der Waals surface area contributed by atoms with Crippen molar-refractivity contribution < 1.29 is 19.1 Å². The Morgan fingerprint density at radius 3 is 2.33 bits per heavy atom. The lowest BCUT2D eigenvalue weighted by Crippen LogP contribution is -2.37. The highest BCUT2D eigenvalue weighted by Gasteiger charge is 2.20. The first-order chi connectivity index (χ1) is 18.7. The van der Waals surface area contributed by atoms with E-state index in [4.69, 9.17) is 26.8 Å². The van der Waals surface area contributed by atoms with E-state index in [9.17, 15) is 9.59 Å². The first-order valence-corrected chi connectivity index (χ1v) is 12.7. The third kappa shape index (κ3) is 6.68. The van der Waals surface area contributed by atoms with Crippen molar-refractivity contribution in [3.8, 4) is 11.5 Å². The monoisotopic (exact) mass is 553 g/mol. The highest BCUT2D eigenvalue weighted by molar-refractivity contribution is 6.33. The number of halogens is 1. The van der Waals surface area contributed by atoms with Gasteiger partial charge in [0, 0.05) is 32.7 Å². The predicted octanol–water partition coefficient (Wildman–Crippen LogP) is 3.22. The molecular formula is C27H32ClN7O4. The lowest BCUT2D eigenvalue weighted by Gasteiger charge is -2.21. The van der Waals surface area contributed by atoms with E-state index in [0.29, 0.717) is 40.8 Å². The van der Waals surface area contributed by atoms with Crippen LogP contribution in [-0.2, 0) is 17.6 Å². The number of primary amides is 1. The summed E-state index contributed by atoms with van der Waals surface area (Å²) in [6, 6.07) is 8.83. The molecule has 0 bridgehead atoms. The molecule has 0 spiro atoms. The van der Waals surface area contributed by atoms with Gasteiger partial charge in [0.05, 0.1) is 38.3 Å². The van der Waals surface area contributed by atoms with Gasteiger partial charge in [-0.05, 0) is 54.3 Å². The highest BCUT2D eigenvalue weighted by Crippen LogP contribution is 2.34. The molecule has 11 nitrogen and oxygen atoms in total. The van der Waals surface area contributed by atoms with E-state index < -0.39 is 5.91 Å². The van der Waals surface area contributed by atoms with Gasteiger partial charge >= 0.3 is 0 Å². The van der Waals surface area contributed by atoms with Crippen LogP contribution in [0.25, 0.3) is 0 Å². The fourth-order valence-electron chi connectivity index (χ4n) is 4.28. The van der Waals surface area contributed by atoms with Crippen LogP contribution in [0.2, 0.25) is 5.02 Å². The van der Waals surface area contributed by atoms with Crippen LogP contribution in [0.4, 0.5) is 23.1 Å². The number of hydrogen-bond donors (Lipinski definition) is 3. The number of nitrogens with two attached hydrogens (primary N) is 1. The summed E-state index contributed by atoms with van der Waals surface area (Å²) in [5.41, 5.74) is 9.26. The number of amides is 2. The summed E-state index contributed by atoms with van der Waals surface area (Å²) in [5, 5.41) is 6.61. The zero-order valence-electron chi connectivity index (χ0n) is 22.4. The highest BCUT2D eigenvalue weighted by atomic mass is 35.5. The fourth-order valence-corrected chi connectivity index (χ4v) is 4.42. The van der Waals surface area contributed by atoms with Crippen LogP contribution in [-0.4, -0.2) is 79.5 Å². The molecule has 2 aromatic carbocycles. The van der Waals surface area contributed by atoms with Crippen molar-refractivity contribution in [3.63, 3.8) is 0 Å². The molecule has 4 N–H and O–H groups in total. The van der Waals surface area contributed by atoms with Crippen LogP contribution in [0.15, 0.2) is 36.5 Å². The second kappa shape index (κ2) is 12.2. The number of anilines is 4. The van der Waals surface area contributed by atoms with Gasteiger partial charge in [0.1, 0.15) is 16.5 Å². The average molecular weight is 554 g/mol. The minimum absolute atomic E-state index is 0.0872. The summed E-state index contributed by atoms with van der Waals surface area (Å²) in [6.45, 7) is 1.96. The third-order valence-corrected chi connectivity index (χ3v) is 6.78. The summed E-state index contributed by atoms with van der Waals surface area (Å²) < 4.78 is 11.1. The number of ether oxygens (including phenoxy) is 2. The zero-order valence-corrected chi connectivity index (χ0v) is 23.1. The molecule has 3 aromatic rings. The van der Waals surface area contributed by atoms with Crippen LogP contribution in [0.3, 0.4) is 0 Å². The molecule has 206 valence electrons. The number of carbonyl (C=O) groups is 2. The smallest absolute Gasteiger partial charge is 0.248 e.